The van der Waals surface area contributed by atoms with Crippen molar-refractivity contribution < 1.29 is 33.3 Å². The number of cyclic esters (lactones) is 1. The van der Waals surface area contributed by atoms with Gasteiger partial charge < -0.3 is 24.8 Å². The maximum atomic E-state index is 15.0. The van der Waals surface area contributed by atoms with Gasteiger partial charge in [0.25, 0.3) is 5.56 Å². The molecular formula is C21H14ClF2N3O6. The van der Waals surface area contributed by atoms with E-state index in [-0.39, 0.29) is 58.7 Å². The highest BCUT2D eigenvalue weighted by atomic mass is 35.5. The van der Waals surface area contributed by atoms with Crippen LogP contribution in [0.5, 0.6) is 0 Å². The van der Waals surface area contributed by atoms with Crippen molar-refractivity contribution in [2.45, 2.75) is 25.8 Å². The minimum atomic E-state index is -1.66. The zero-order chi connectivity index (χ0) is 23.6. The highest BCUT2D eigenvalue weighted by Crippen LogP contribution is 2.40. The van der Waals surface area contributed by atoms with Crippen molar-refractivity contribution in [2.24, 2.45) is 0 Å². The molecule has 2 aliphatic rings. The van der Waals surface area contributed by atoms with Crippen molar-refractivity contribution in [2.75, 3.05) is 6.61 Å². The van der Waals surface area contributed by atoms with E-state index in [4.69, 9.17) is 21.4 Å². The molecule has 3 aromatic rings. The molecule has 12 heteroatoms. The van der Waals surface area contributed by atoms with E-state index < -0.39 is 46.8 Å². The summed E-state index contributed by atoms with van der Waals surface area (Å²) >= 11 is 5.77. The second kappa shape index (κ2) is 7.58. The number of ether oxygens (including phenoxy) is 1. The molecule has 1 aromatic carbocycles. The van der Waals surface area contributed by atoms with Crippen LogP contribution in [0.2, 0.25) is 5.02 Å². The number of carbonyl (C=O) groups excluding carboxylic acids is 2. The number of esters is 1. The average molecular weight is 478 g/mol. The molecule has 0 spiro atoms. The highest BCUT2D eigenvalue weighted by molar-refractivity contribution is 6.31. The monoisotopic (exact) mass is 477 g/mol. The minimum Gasteiger partial charge on any atom is -0.458 e. The van der Waals surface area contributed by atoms with Crippen LogP contribution in [-0.4, -0.2) is 38.2 Å². The average Bonchev–Trinajstić information content (AvgIpc) is 3.16. The Morgan fingerprint density at radius 2 is 2.06 bits per heavy atom. The Kier molecular flexibility index (Phi) is 4.92. The fraction of sp³-hybridized carbons (Fsp3) is 0.238. The van der Waals surface area contributed by atoms with Crippen molar-refractivity contribution >= 4 is 34.4 Å². The van der Waals surface area contributed by atoms with Crippen LogP contribution in [-0.2, 0) is 34.0 Å². The summed E-state index contributed by atoms with van der Waals surface area (Å²) in [5.41, 5.74) is 0.511. The zero-order valence-electron chi connectivity index (χ0n) is 16.6. The van der Waals surface area contributed by atoms with Gasteiger partial charge in [-0.3, -0.25) is 9.59 Å². The van der Waals surface area contributed by atoms with Crippen molar-refractivity contribution in [1.82, 2.24) is 14.9 Å². The van der Waals surface area contributed by atoms with Gasteiger partial charge in [0.1, 0.15) is 24.1 Å². The summed E-state index contributed by atoms with van der Waals surface area (Å²) < 4.78 is 35.4. The summed E-state index contributed by atoms with van der Waals surface area (Å²) in [5.74, 6) is -3.75. The van der Waals surface area contributed by atoms with Crippen molar-refractivity contribution in [3.8, 4) is 11.4 Å². The first kappa shape index (κ1) is 21.4. The van der Waals surface area contributed by atoms with Crippen LogP contribution in [0.3, 0.4) is 0 Å². The first-order chi connectivity index (χ1) is 15.7. The predicted molar refractivity (Wildman–Crippen MR) is 109 cm³/mol. The molecule has 0 radical (unpaired) electrons. The third-order valence-electron chi connectivity index (χ3n) is 5.80. The standard InChI is InChI=1S/C21H14ClF2N3O6/c22-16-11(23)2-12-15(17(16)24)8(3-25-14(29)5-28)9-4-27-13(18(9)26-12)1-7-10(20(27)31)6-33-21(32)19(7)30/h1-2,19,28,30H,3-6H2,(H,25,29). The topological polar surface area (TPSA) is 131 Å². The number of aromatic nitrogens is 2. The molecule has 0 aliphatic carbocycles. The van der Waals surface area contributed by atoms with Gasteiger partial charge in [-0.05, 0) is 11.6 Å². The Hall–Kier alpha value is -3.41. The van der Waals surface area contributed by atoms with Crippen LogP contribution in [0.1, 0.15) is 28.4 Å². The lowest BCUT2D eigenvalue weighted by Gasteiger charge is -2.21. The van der Waals surface area contributed by atoms with E-state index in [1.54, 1.807) is 0 Å². The van der Waals surface area contributed by atoms with Crippen molar-refractivity contribution in [3.05, 3.63) is 61.4 Å². The van der Waals surface area contributed by atoms with Crippen LogP contribution >= 0.6 is 11.6 Å². The number of benzene rings is 1. The summed E-state index contributed by atoms with van der Waals surface area (Å²) in [4.78, 5) is 40.9. The van der Waals surface area contributed by atoms with E-state index in [1.165, 1.54) is 10.6 Å². The van der Waals surface area contributed by atoms with Crippen LogP contribution in [0.4, 0.5) is 8.78 Å². The van der Waals surface area contributed by atoms with Gasteiger partial charge in [0.05, 0.1) is 29.0 Å². The first-order valence-corrected chi connectivity index (χ1v) is 10.1. The Balaban J connectivity index is 1.80. The summed E-state index contributed by atoms with van der Waals surface area (Å²) in [6.45, 7) is -1.44. The normalized spacial score (nSPS) is 16.3. The highest BCUT2D eigenvalue weighted by Gasteiger charge is 2.35. The number of pyridine rings is 2. The van der Waals surface area contributed by atoms with Crippen LogP contribution in [0, 0.1) is 11.6 Å². The molecule has 2 aliphatic heterocycles. The molecule has 170 valence electrons. The molecule has 2 aromatic heterocycles. The SMILES string of the molecule is O=C(CO)NCc1c2c(nc3cc(F)c(Cl)c(F)c13)-c1cc3c(c(=O)n1C2)COC(=O)C3O. The van der Waals surface area contributed by atoms with Gasteiger partial charge in [0.2, 0.25) is 5.91 Å². The number of nitrogens with one attached hydrogen (secondary N) is 1. The molecule has 1 atom stereocenters. The molecule has 0 saturated heterocycles. The van der Waals surface area contributed by atoms with E-state index in [0.717, 1.165) is 6.07 Å². The molecule has 9 nitrogen and oxygen atoms in total. The van der Waals surface area contributed by atoms with E-state index >= 15 is 4.39 Å². The van der Waals surface area contributed by atoms with Crippen LogP contribution in [0.25, 0.3) is 22.3 Å². The van der Waals surface area contributed by atoms with Gasteiger partial charge in [-0.25, -0.2) is 18.6 Å². The number of carbonyl (C=O) groups is 2. The summed E-state index contributed by atoms with van der Waals surface area (Å²) in [6.07, 6.45) is -1.66. The lowest BCUT2D eigenvalue weighted by Crippen LogP contribution is -2.32. The van der Waals surface area contributed by atoms with Gasteiger partial charge in [0, 0.05) is 29.1 Å². The molecule has 4 heterocycles. The molecule has 0 fully saturated rings. The molecule has 0 saturated carbocycles. The number of fused-ring (bicyclic) bond motifs is 5. The number of hydrogen-bond donors (Lipinski definition) is 3. The lowest BCUT2D eigenvalue weighted by molar-refractivity contribution is -0.157. The Labute approximate surface area is 188 Å². The lowest BCUT2D eigenvalue weighted by atomic mass is 9.98. The number of amides is 1. The van der Waals surface area contributed by atoms with Crippen LogP contribution < -0.4 is 10.9 Å². The Morgan fingerprint density at radius 1 is 1.30 bits per heavy atom. The number of nitrogens with zero attached hydrogens (tertiary/aromatic N) is 2. The van der Waals surface area contributed by atoms with Crippen molar-refractivity contribution in [1.29, 1.82) is 0 Å². The van der Waals surface area contributed by atoms with Gasteiger partial charge in [-0.15, -0.1) is 0 Å². The predicted octanol–water partition coefficient (Wildman–Crippen LogP) is 1.06. The molecule has 3 N–H and O–H groups in total. The van der Waals surface area contributed by atoms with Gasteiger partial charge in [-0.2, -0.15) is 0 Å². The summed E-state index contributed by atoms with van der Waals surface area (Å²) in [5, 5.41) is 20.8. The molecule has 1 unspecified atom stereocenters. The number of aliphatic hydroxyl groups excluding tert-OH is 2. The minimum absolute atomic E-state index is 0.0669. The Morgan fingerprint density at radius 3 is 2.79 bits per heavy atom. The van der Waals surface area contributed by atoms with E-state index in [0.29, 0.717) is 5.56 Å². The van der Waals surface area contributed by atoms with E-state index in [1.807, 2.05) is 0 Å². The van der Waals surface area contributed by atoms with Crippen molar-refractivity contribution in [3.63, 3.8) is 0 Å². The molecular weight excluding hydrogens is 464 g/mol. The number of rotatable bonds is 3. The number of aliphatic hydroxyl groups is 2. The van der Waals surface area contributed by atoms with Gasteiger partial charge in [-0.1, -0.05) is 11.6 Å². The maximum Gasteiger partial charge on any atom is 0.340 e. The molecule has 33 heavy (non-hydrogen) atoms. The summed E-state index contributed by atoms with van der Waals surface area (Å²) in [7, 11) is 0. The molecule has 5 rings (SSSR count). The fourth-order valence-corrected chi connectivity index (χ4v) is 4.37. The maximum absolute atomic E-state index is 15.0. The fourth-order valence-electron chi connectivity index (χ4n) is 4.22. The smallest absolute Gasteiger partial charge is 0.340 e. The number of halogens is 3. The second-order valence-corrected chi connectivity index (χ2v) is 7.98. The van der Waals surface area contributed by atoms with E-state index in [2.05, 4.69) is 10.3 Å². The van der Waals surface area contributed by atoms with Gasteiger partial charge >= 0.3 is 5.97 Å². The third-order valence-corrected chi connectivity index (χ3v) is 6.15. The Bertz CT molecular complexity index is 1450. The molecule has 1 amide bonds. The molecule has 0 bridgehead atoms. The number of hydrogen-bond acceptors (Lipinski definition) is 7. The van der Waals surface area contributed by atoms with Gasteiger partial charge in [0.15, 0.2) is 11.9 Å². The second-order valence-electron chi connectivity index (χ2n) is 7.60. The summed E-state index contributed by atoms with van der Waals surface area (Å²) in [6, 6.07) is 2.36. The zero-order valence-corrected chi connectivity index (χ0v) is 17.4. The third kappa shape index (κ3) is 3.11. The quantitative estimate of drug-likeness (QED) is 0.297. The first-order valence-electron chi connectivity index (χ1n) is 9.71. The van der Waals surface area contributed by atoms with E-state index in [9.17, 15) is 23.9 Å². The van der Waals surface area contributed by atoms with Crippen LogP contribution in [0.15, 0.2) is 16.9 Å². The largest absolute Gasteiger partial charge is 0.458 e.